The second kappa shape index (κ2) is 35.4. The van der Waals surface area contributed by atoms with E-state index in [4.69, 9.17) is 4.74 Å². The molecule has 1 amide bonds. The number of carbonyl (C=O) groups excluding carboxylic acids is 2. The Hall–Kier alpha value is -1.06. The largest absolute Gasteiger partial charge is 0.464 e. The highest BCUT2D eigenvalue weighted by Crippen LogP contribution is 2.15. The maximum absolute atomic E-state index is 12.2. The highest BCUT2D eigenvalue weighted by atomic mass is 16.5. The molecule has 0 bridgehead atoms. The first-order chi connectivity index (χ1) is 21.1. The molecule has 0 aliphatic carbocycles. The van der Waals surface area contributed by atoms with Crippen molar-refractivity contribution in [1.82, 2.24) is 5.32 Å². The lowest BCUT2D eigenvalue weighted by atomic mass is 10.0. The Bertz CT molecular complexity index is 579. The van der Waals surface area contributed by atoms with Crippen LogP contribution in [-0.2, 0) is 14.3 Å². The van der Waals surface area contributed by atoms with Crippen molar-refractivity contribution in [2.75, 3.05) is 6.61 Å². The van der Waals surface area contributed by atoms with Crippen LogP contribution in [0.5, 0.6) is 0 Å². The molecule has 4 nitrogen and oxygen atoms in total. The Kier molecular flexibility index (Phi) is 34.5. The van der Waals surface area contributed by atoms with Crippen molar-refractivity contribution < 1.29 is 14.3 Å². The number of hydrogen-bond acceptors (Lipinski definition) is 3. The van der Waals surface area contributed by atoms with Crippen molar-refractivity contribution in [3.8, 4) is 0 Å². The van der Waals surface area contributed by atoms with Gasteiger partial charge in [-0.2, -0.15) is 0 Å². The van der Waals surface area contributed by atoms with Gasteiger partial charge in [-0.1, -0.05) is 194 Å². The summed E-state index contributed by atoms with van der Waals surface area (Å²) in [5.41, 5.74) is 0. The zero-order chi connectivity index (χ0) is 31.5. The summed E-state index contributed by atoms with van der Waals surface area (Å²) >= 11 is 0. The molecule has 1 atom stereocenters. The molecule has 0 aliphatic rings. The average Bonchev–Trinajstić information content (AvgIpc) is 3.00. The van der Waals surface area contributed by atoms with E-state index >= 15 is 0 Å². The average molecular weight is 608 g/mol. The van der Waals surface area contributed by atoms with E-state index in [-0.39, 0.29) is 24.5 Å². The van der Waals surface area contributed by atoms with Gasteiger partial charge in [0.15, 0.2) is 0 Å². The minimum atomic E-state index is -0.127. The summed E-state index contributed by atoms with van der Waals surface area (Å²) in [5, 5.41) is 2.99. The Labute approximate surface area is 270 Å². The number of nitrogens with one attached hydrogen (secondary N) is 1. The molecule has 0 aromatic rings. The lowest BCUT2D eigenvalue weighted by Crippen LogP contribution is -2.36. The van der Waals surface area contributed by atoms with E-state index in [1.54, 1.807) is 0 Å². The second-order valence-corrected chi connectivity index (χ2v) is 13.6. The number of ether oxygens (including phenoxy) is 1. The fourth-order valence-corrected chi connectivity index (χ4v) is 5.98. The van der Waals surface area contributed by atoms with Crippen molar-refractivity contribution in [2.24, 2.45) is 0 Å². The summed E-state index contributed by atoms with van der Waals surface area (Å²) < 4.78 is 5.40. The Morgan fingerprint density at radius 1 is 0.442 bits per heavy atom. The number of esters is 1. The van der Waals surface area contributed by atoms with E-state index in [2.05, 4.69) is 19.2 Å². The van der Waals surface area contributed by atoms with Crippen LogP contribution in [-0.4, -0.2) is 24.5 Å². The van der Waals surface area contributed by atoms with Crippen molar-refractivity contribution in [3.05, 3.63) is 0 Å². The molecular weight excluding hydrogens is 530 g/mol. The normalized spacial score (nSPS) is 12.0. The molecule has 1 unspecified atom stereocenters. The van der Waals surface area contributed by atoms with Crippen LogP contribution in [0.4, 0.5) is 0 Å². The van der Waals surface area contributed by atoms with Gasteiger partial charge in [-0.15, -0.1) is 0 Å². The van der Waals surface area contributed by atoms with Crippen molar-refractivity contribution >= 4 is 11.9 Å². The van der Waals surface area contributed by atoms with Gasteiger partial charge < -0.3 is 10.1 Å². The third-order valence-corrected chi connectivity index (χ3v) is 8.89. The fourth-order valence-electron chi connectivity index (χ4n) is 5.98. The van der Waals surface area contributed by atoms with Gasteiger partial charge in [-0.3, -0.25) is 9.59 Å². The predicted molar refractivity (Wildman–Crippen MR) is 188 cm³/mol. The lowest BCUT2D eigenvalue weighted by Gasteiger charge is -2.14. The van der Waals surface area contributed by atoms with E-state index < -0.39 is 0 Å². The Morgan fingerprint density at radius 2 is 0.721 bits per heavy atom. The van der Waals surface area contributed by atoms with E-state index in [0.29, 0.717) is 12.8 Å². The summed E-state index contributed by atoms with van der Waals surface area (Å²) in [4.78, 5) is 24.3. The summed E-state index contributed by atoms with van der Waals surface area (Å²) in [6.07, 6.45) is 40.9. The molecule has 0 aliphatic heterocycles. The maximum atomic E-state index is 12.2. The van der Waals surface area contributed by atoms with Crippen molar-refractivity contribution in [3.63, 3.8) is 0 Å². The molecule has 0 spiro atoms. The first-order valence-corrected chi connectivity index (χ1v) is 19.5. The molecule has 0 saturated carbocycles. The molecule has 0 aromatic carbocycles. The fraction of sp³-hybridized carbons (Fsp3) is 0.949. The Morgan fingerprint density at radius 3 is 1.05 bits per heavy atom. The van der Waals surface area contributed by atoms with Crippen LogP contribution in [0.15, 0.2) is 0 Å². The molecular formula is C39H77NO3. The van der Waals surface area contributed by atoms with E-state index in [0.717, 1.165) is 25.7 Å². The van der Waals surface area contributed by atoms with Crippen LogP contribution in [0.3, 0.4) is 0 Å². The minimum Gasteiger partial charge on any atom is -0.464 e. The van der Waals surface area contributed by atoms with Gasteiger partial charge in [0.1, 0.15) is 6.61 Å². The summed E-state index contributed by atoms with van der Waals surface area (Å²) in [5.74, 6) is -0.0427. The van der Waals surface area contributed by atoms with Crippen LogP contribution in [0.2, 0.25) is 0 Å². The molecule has 0 saturated heterocycles. The number of amides is 1. The van der Waals surface area contributed by atoms with E-state index in [1.165, 1.54) is 167 Å². The zero-order valence-electron chi connectivity index (χ0n) is 29.6. The number of rotatable bonds is 35. The molecule has 43 heavy (non-hydrogen) atoms. The van der Waals surface area contributed by atoms with Crippen LogP contribution < -0.4 is 5.32 Å². The van der Waals surface area contributed by atoms with Gasteiger partial charge in [0, 0.05) is 12.8 Å². The van der Waals surface area contributed by atoms with Gasteiger partial charge in [-0.25, -0.2) is 0 Å². The smallest absolute Gasteiger partial charge is 0.305 e. The van der Waals surface area contributed by atoms with Crippen LogP contribution in [0, 0.1) is 0 Å². The van der Waals surface area contributed by atoms with Gasteiger partial charge in [-0.05, 0) is 19.8 Å². The topological polar surface area (TPSA) is 55.4 Å². The molecule has 0 heterocycles. The van der Waals surface area contributed by atoms with Crippen LogP contribution in [0.1, 0.15) is 226 Å². The number of unbranched alkanes of at least 4 members (excludes halogenated alkanes) is 28. The number of carbonyl (C=O) groups is 2. The molecule has 0 rings (SSSR count). The summed E-state index contributed by atoms with van der Waals surface area (Å²) in [6.45, 7) is 6.76. The van der Waals surface area contributed by atoms with E-state index in [1.807, 2.05) is 6.92 Å². The first kappa shape index (κ1) is 41.9. The highest BCUT2D eigenvalue weighted by Gasteiger charge is 2.10. The molecule has 0 aromatic heterocycles. The molecule has 256 valence electrons. The second-order valence-electron chi connectivity index (χ2n) is 13.6. The maximum Gasteiger partial charge on any atom is 0.305 e. The van der Waals surface area contributed by atoms with E-state index in [9.17, 15) is 9.59 Å². The van der Waals surface area contributed by atoms with Crippen molar-refractivity contribution in [2.45, 2.75) is 232 Å². The monoisotopic (exact) mass is 608 g/mol. The zero-order valence-corrected chi connectivity index (χ0v) is 29.6. The quantitative estimate of drug-likeness (QED) is 0.0576. The molecule has 1 N–H and O–H groups in total. The summed E-state index contributed by atoms with van der Waals surface area (Å²) in [6, 6.07) is -0.117. The Balaban J connectivity index is 3.38. The third-order valence-electron chi connectivity index (χ3n) is 8.89. The molecule has 0 radical (unpaired) electrons. The van der Waals surface area contributed by atoms with Crippen LogP contribution >= 0.6 is 0 Å². The van der Waals surface area contributed by atoms with Crippen molar-refractivity contribution in [1.29, 1.82) is 0 Å². The third kappa shape index (κ3) is 35.3. The minimum absolute atomic E-state index is 0.0839. The lowest BCUT2D eigenvalue weighted by molar-refractivity contribution is -0.145. The predicted octanol–water partition coefficient (Wildman–Crippen LogP) is 12.6. The first-order valence-electron chi connectivity index (χ1n) is 19.5. The SMILES string of the molecule is CCCCCCCCCCCCCCCCCC(=O)NC(C)COC(=O)CCCCCCCCCCCCCCCCC. The number of hydrogen-bond donors (Lipinski definition) is 1. The molecule has 0 fully saturated rings. The highest BCUT2D eigenvalue weighted by molar-refractivity contribution is 5.76. The summed E-state index contributed by atoms with van der Waals surface area (Å²) in [7, 11) is 0. The van der Waals surface area contributed by atoms with Gasteiger partial charge >= 0.3 is 5.97 Å². The van der Waals surface area contributed by atoms with Gasteiger partial charge in [0.25, 0.3) is 0 Å². The van der Waals surface area contributed by atoms with Gasteiger partial charge in [0.05, 0.1) is 6.04 Å². The van der Waals surface area contributed by atoms with Gasteiger partial charge in [0.2, 0.25) is 5.91 Å². The molecule has 4 heteroatoms. The van der Waals surface area contributed by atoms with Crippen LogP contribution in [0.25, 0.3) is 0 Å². The standard InChI is InChI=1S/C39H77NO3/c1-4-6-8-10-12-14-16-18-20-22-24-26-28-30-32-34-38(41)40-37(3)36-43-39(42)35-33-31-29-27-25-23-21-19-17-15-13-11-9-7-5-2/h37H,4-36H2,1-3H3,(H,40,41).